The Kier molecular flexibility index (Phi) is 3.79. The van der Waals surface area contributed by atoms with E-state index in [0.29, 0.717) is 10.7 Å². The summed E-state index contributed by atoms with van der Waals surface area (Å²) in [4.78, 5) is 34.6. The number of carbonyl (C=O) groups excluding carboxylic acids is 3. The molecule has 108 valence electrons. The van der Waals surface area contributed by atoms with Crippen molar-refractivity contribution in [3.8, 4) is 5.75 Å². The van der Waals surface area contributed by atoms with Crippen LogP contribution in [0.3, 0.4) is 0 Å². The summed E-state index contributed by atoms with van der Waals surface area (Å²) in [6.45, 7) is 0. The molecular formula is C15H13NO4S. The number of carbonyl (C=O) groups is 3. The molecule has 21 heavy (non-hydrogen) atoms. The number of hydrogen-bond donors (Lipinski definition) is 1. The van der Waals surface area contributed by atoms with Crippen LogP contribution in [0.1, 0.15) is 24.8 Å². The third-order valence-electron chi connectivity index (χ3n) is 3.48. The van der Waals surface area contributed by atoms with Gasteiger partial charge in [0.2, 0.25) is 0 Å². The Labute approximate surface area is 125 Å². The fourth-order valence-corrected chi connectivity index (χ4v) is 2.73. The van der Waals surface area contributed by atoms with Crippen LogP contribution in [0, 0.1) is 5.92 Å². The highest BCUT2D eigenvalue weighted by atomic mass is 32.2. The first-order chi connectivity index (χ1) is 10.1. The highest BCUT2D eigenvalue weighted by Gasteiger charge is 2.27. The van der Waals surface area contributed by atoms with Crippen molar-refractivity contribution in [2.45, 2.75) is 19.3 Å². The molecule has 0 atom stereocenters. The van der Waals surface area contributed by atoms with Gasteiger partial charge >= 0.3 is 5.97 Å². The lowest BCUT2D eigenvalue weighted by atomic mass is 9.86. The number of amides is 2. The molecule has 0 spiro atoms. The lowest BCUT2D eigenvalue weighted by Crippen LogP contribution is -2.26. The number of nitrogens with one attached hydrogen (secondary N) is 1. The Balaban J connectivity index is 1.66. The van der Waals surface area contributed by atoms with Crippen LogP contribution in [-0.2, 0) is 9.59 Å². The maximum Gasteiger partial charge on any atom is 0.314 e. The molecule has 1 aromatic rings. The molecule has 0 radical (unpaired) electrons. The fraction of sp³-hybridized carbons (Fsp3) is 0.267. The molecule has 6 heteroatoms. The van der Waals surface area contributed by atoms with Gasteiger partial charge in [-0.15, -0.1) is 0 Å². The molecule has 2 fully saturated rings. The van der Waals surface area contributed by atoms with Crippen LogP contribution in [-0.4, -0.2) is 17.1 Å². The summed E-state index contributed by atoms with van der Waals surface area (Å²) >= 11 is 0.874. The van der Waals surface area contributed by atoms with Crippen molar-refractivity contribution in [3.63, 3.8) is 0 Å². The van der Waals surface area contributed by atoms with Gasteiger partial charge in [-0.25, -0.2) is 0 Å². The lowest BCUT2D eigenvalue weighted by Gasteiger charge is -2.22. The predicted molar refractivity (Wildman–Crippen MR) is 78.5 cm³/mol. The maximum absolute atomic E-state index is 11.7. The number of esters is 1. The molecule has 5 nitrogen and oxygen atoms in total. The van der Waals surface area contributed by atoms with Gasteiger partial charge in [-0.05, 0) is 48.4 Å². The summed E-state index contributed by atoms with van der Waals surface area (Å²) in [5.74, 6) is -0.0285. The van der Waals surface area contributed by atoms with Gasteiger partial charge in [-0.2, -0.15) is 0 Å². The van der Waals surface area contributed by atoms with Gasteiger partial charge in [0.1, 0.15) is 5.75 Å². The number of hydrogen-bond acceptors (Lipinski definition) is 5. The average molecular weight is 303 g/mol. The molecular weight excluding hydrogens is 290 g/mol. The SMILES string of the molecule is O=C1NC(=O)C(=Cc2ccc(OC(=O)C3CCC3)cc2)S1. The third-order valence-corrected chi connectivity index (χ3v) is 4.29. The van der Waals surface area contributed by atoms with Gasteiger partial charge in [0.15, 0.2) is 0 Å². The van der Waals surface area contributed by atoms with Gasteiger partial charge in [-0.3, -0.25) is 19.7 Å². The van der Waals surface area contributed by atoms with E-state index >= 15 is 0 Å². The zero-order chi connectivity index (χ0) is 14.8. The van der Waals surface area contributed by atoms with E-state index in [0.717, 1.165) is 36.6 Å². The van der Waals surface area contributed by atoms with Gasteiger partial charge in [-0.1, -0.05) is 18.6 Å². The predicted octanol–water partition coefficient (Wildman–Crippen LogP) is 2.72. The lowest BCUT2D eigenvalue weighted by molar-refractivity contribution is -0.141. The first-order valence-electron chi connectivity index (χ1n) is 6.68. The number of benzene rings is 1. The first-order valence-corrected chi connectivity index (χ1v) is 7.50. The van der Waals surface area contributed by atoms with Crippen LogP contribution in [0.15, 0.2) is 29.2 Å². The van der Waals surface area contributed by atoms with Crippen LogP contribution in [0.2, 0.25) is 0 Å². The van der Waals surface area contributed by atoms with E-state index in [4.69, 9.17) is 4.74 Å². The fourth-order valence-electron chi connectivity index (χ4n) is 2.05. The quantitative estimate of drug-likeness (QED) is 0.528. The minimum absolute atomic E-state index is 0.0383. The van der Waals surface area contributed by atoms with E-state index in [1.54, 1.807) is 30.3 Å². The Morgan fingerprint density at radius 2 is 1.95 bits per heavy atom. The summed E-state index contributed by atoms with van der Waals surface area (Å²) in [7, 11) is 0. The van der Waals surface area contributed by atoms with E-state index in [1.165, 1.54) is 0 Å². The van der Waals surface area contributed by atoms with Crippen molar-refractivity contribution < 1.29 is 19.1 Å². The summed E-state index contributed by atoms with van der Waals surface area (Å²) in [5, 5.41) is 1.83. The smallest absolute Gasteiger partial charge is 0.314 e. The molecule has 1 aromatic carbocycles. The number of rotatable bonds is 3. The minimum atomic E-state index is -0.384. The van der Waals surface area contributed by atoms with Crippen LogP contribution in [0.25, 0.3) is 6.08 Å². The summed E-state index contributed by atoms with van der Waals surface area (Å²) in [6, 6.07) is 6.85. The van der Waals surface area contributed by atoms with Crippen molar-refractivity contribution in [2.24, 2.45) is 5.92 Å². The van der Waals surface area contributed by atoms with Gasteiger partial charge in [0.05, 0.1) is 10.8 Å². The monoisotopic (exact) mass is 303 g/mol. The van der Waals surface area contributed by atoms with Gasteiger partial charge in [0.25, 0.3) is 11.1 Å². The Morgan fingerprint density at radius 3 is 2.48 bits per heavy atom. The second kappa shape index (κ2) is 5.73. The molecule has 1 aliphatic carbocycles. The average Bonchev–Trinajstić information content (AvgIpc) is 2.68. The Bertz CT molecular complexity index is 632. The number of imide groups is 1. The molecule has 1 saturated heterocycles. The van der Waals surface area contributed by atoms with Crippen molar-refractivity contribution in [1.29, 1.82) is 0 Å². The van der Waals surface area contributed by atoms with Crippen molar-refractivity contribution in [1.82, 2.24) is 5.32 Å². The van der Waals surface area contributed by atoms with E-state index in [1.807, 2.05) is 0 Å². The maximum atomic E-state index is 11.7. The van der Waals surface area contributed by atoms with Crippen molar-refractivity contribution in [3.05, 3.63) is 34.7 Å². The van der Waals surface area contributed by atoms with Crippen molar-refractivity contribution >= 4 is 35.0 Å². The Morgan fingerprint density at radius 1 is 1.24 bits per heavy atom. The highest BCUT2D eigenvalue weighted by Crippen LogP contribution is 2.29. The molecule has 1 saturated carbocycles. The summed E-state index contributed by atoms with van der Waals surface area (Å²) < 4.78 is 5.28. The molecule has 2 aliphatic rings. The normalized spacial score (nSPS) is 20.3. The van der Waals surface area contributed by atoms with E-state index in [2.05, 4.69) is 5.32 Å². The zero-order valence-electron chi connectivity index (χ0n) is 11.1. The molecule has 0 aromatic heterocycles. The largest absolute Gasteiger partial charge is 0.426 e. The van der Waals surface area contributed by atoms with Gasteiger partial charge < -0.3 is 4.74 Å². The van der Waals surface area contributed by atoms with Crippen LogP contribution >= 0.6 is 11.8 Å². The second-order valence-corrected chi connectivity index (χ2v) is 5.98. The number of thioether (sulfide) groups is 1. The molecule has 0 unspecified atom stereocenters. The standard InChI is InChI=1S/C15H13NO4S/c17-13-12(21-15(19)16-13)8-9-4-6-11(7-5-9)20-14(18)10-2-1-3-10/h4-8,10H,1-3H2,(H,16,17,19). The highest BCUT2D eigenvalue weighted by molar-refractivity contribution is 8.18. The molecule has 1 N–H and O–H groups in total. The minimum Gasteiger partial charge on any atom is -0.426 e. The van der Waals surface area contributed by atoms with Gasteiger partial charge in [0, 0.05) is 0 Å². The molecule has 2 amide bonds. The molecule has 0 bridgehead atoms. The summed E-state index contributed by atoms with van der Waals surface area (Å²) in [5.41, 5.74) is 0.769. The number of ether oxygens (including phenoxy) is 1. The molecule has 1 aliphatic heterocycles. The van der Waals surface area contributed by atoms with Crippen LogP contribution < -0.4 is 10.1 Å². The molecule has 1 heterocycles. The second-order valence-electron chi connectivity index (χ2n) is 4.97. The van der Waals surface area contributed by atoms with Crippen LogP contribution in [0.5, 0.6) is 5.75 Å². The Hall–Kier alpha value is -2.08. The van der Waals surface area contributed by atoms with Crippen LogP contribution in [0.4, 0.5) is 4.79 Å². The first kappa shape index (κ1) is 13.9. The van der Waals surface area contributed by atoms with E-state index < -0.39 is 0 Å². The summed E-state index contributed by atoms with van der Waals surface area (Å²) in [6.07, 6.45) is 4.53. The molecule has 3 rings (SSSR count). The third kappa shape index (κ3) is 3.16. The zero-order valence-corrected chi connectivity index (χ0v) is 11.9. The topological polar surface area (TPSA) is 72.5 Å². The van der Waals surface area contributed by atoms with E-state index in [-0.39, 0.29) is 23.0 Å². The van der Waals surface area contributed by atoms with Crippen molar-refractivity contribution in [2.75, 3.05) is 0 Å². The van der Waals surface area contributed by atoms with E-state index in [9.17, 15) is 14.4 Å².